The molecular weight excluding hydrogens is 294 g/mol. The molecule has 0 bridgehead atoms. The number of pyridine rings is 1. The average Bonchev–Trinajstić information content (AvgIpc) is 2.53. The quantitative estimate of drug-likeness (QED) is 0.632. The Balaban J connectivity index is 2.17. The maximum atomic E-state index is 11.8. The second-order valence-corrected chi connectivity index (χ2v) is 4.03. The Morgan fingerprint density at radius 2 is 1.73 bits per heavy atom. The molecule has 112 valence electrons. The number of rotatable bonds is 5. The Kier molecular flexibility index (Phi) is 4.22. The number of benzene rings is 1. The van der Waals surface area contributed by atoms with Crippen molar-refractivity contribution < 1.29 is 14.6 Å². The summed E-state index contributed by atoms with van der Waals surface area (Å²) in [5.74, 6) is -0.532. The molecule has 1 aromatic heterocycles. The van der Waals surface area contributed by atoms with Crippen molar-refractivity contribution in [2.75, 3.05) is 5.43 Å². The summed E-state index contributed by atoms with van der Waals surface area (Å²) in [6, 6.07) is 5.96. The average molecular weight is 303 g/mol. The van der Waals surface area contributed by atoms with Crippen molar-refractivity contribution in [2.45, 2.75) is 0 Å². The fourth-order valence-electron chi connectivity index (χ4n) is 1.59. The Bertz CT molecular complexity index is 734. The van der Waals surface area contributed by atoms with Gasteiger partial charge in [0.05, 0.1) is 15.9 Å². The molecule has 0 radical (unpaired) electrons. The highest BCUT2D eigenvalue weighted by Gasteiger charge is 2.19. The maximum absolute atomic E-state index is 11.8. The first-order valence-electron chi connectivity index (χ1n) is 5.88. The van der Waals surface area contributed by atoms with Gasteiger partial charge in [-0.05, 0) is 18.2 Å². The van der Waals surface area contributed by atoms with Crippen molar-refractivity contribution in [1.29, 1.82) is 0 Å². The summed E-state index contributed by atoms with van der Waals surface area (Å²) in [6.45, 7) is 0. The fourth-order valence-corrected chi connectivity index (χ4v) is 1.59. The first kappa shape index (κ1) is 14.8. The van der Waals surface area contributed by atoms with E-state index >= 15 is 0 Å². The van der Waals surface area contributed by atoms with Gasteiger partial charge < -0.3 is 0 Å². The highest BCUT2D eigenvalue weighted by molar-refractivity contribution is 5.94. The molecule has 1 aromatic carbocycles. The normalized spacial score (nSPS) is 9.82. The van der Waals surface area contributed by atoms with Gasteiger partial charge in [0.1, 0.15) is 5.69 Å². The first-order valence-corrected chi connectivity index (χ1v) is 5.88. The number of carbonyl (C=O) groups is 1. The predicted molar refractivity (Wildman–Crippen MR) is 75.1 cm³/mol. The summed E-state index contributed by atoms with van der Waals surface area (Å²) in [4.78, 5) is 35.6. The molecule has 0 spiro atoms. The maximum Gasteiger partial charge on any atom is 0.300 e. The van der Waals surface area contributed by atoms with Crippen LogP contribution in [0.2, 0.25) is 0 Å². The Morgan fingerprint density at radius 1 is 1.05 bits per heavy atom. The van der Waals surface area contributed by atoms with Gasteiger partial charge in [-0.15, -0.1) is 0 Å². The van der Waals surface area contributed by atoms with Crippen molar-refractivity contribution in [3.8, 4) is 0 Å². The third-order valence-electron chi connectivity index (χ3n) is 2.64. The van der Waals surface area contributed by atoms with Gasteiger partial charge in [0.15, 0.2) is 0 Å². The van der Waals surface area contributed by atoms with E-state index in [-0.39, 0.29) is 5.69 Å². The fraction of sp³-hybridized carbons (Fsp3) is 0. The molecule has 0 atom stereocenters. The minimum Gasteiger partial charge on any atom is -0.292 e. The summed E-state index contributed by atoms with van der Waals surface area (Å²) in [6.07, 6.45) is 2.84. The van der Waals surface area contributed by atoms with Crippen LogP contribution >= 0.6 is 0 Å². The van der Waals surface area contributed by atoms with E-state index in [2.05, 4.69) is 15.8 Å². The number of amides is 1. The molecule has 10 heteroatoms. The standard InChI is InChI=1S/C12H9N5O5/c18-12(8-3-5-13-6-4-8)15-14-10-2-1-9(16(19)20)7-11(10)17(21)22/h1-7,14H,(H,15,18). The van der Waals surface area contributed by atoms with Gasteiger partial charge in [0.25, 0.3) is 11.6 Å². The van der Waals surface area contributed by atoms with Crippen molar-refractivity contribution >= 4 is 23.0 Å². The molecule has 0 saturated heterocycles. The molecule has 2 rings (SSSR count). The molecule has 0 saturated carbocycles. The third-order valence-corrected chi connectivity index (χ3v) is 2.64. The number of nitro groups is 2. The van der Waals surface area contributed by atoms with Gasteiger partial charge in [-0.2, -0.15) is 0 Å². The topological polar surface area (TPSA) is 140 Å². The number of nitrogens with one attached hydrogen (secondary N) is 2. The van der Waals surface area contributed by atoms with Crippen LogP contribution < -0.4 is 10.9 Å². The molecule has 0 unspecified atom stereocenters. The largest absolute Gasteiger partial charge is 0.300 e. The predicted octanol–water partition coefficient (Wildman–Crippen LogP) is 1.65. The Hall–Kier alpha value is -3.56. The minimum absolute atomic E-state index is 0.0713. The number of hydrogen-bond acceptors (Lipinski definition) is 7. The Labute approximate surface area is 123 Å². The van der Waals surface area contributed by atoms with Crippen molar-refractivity contribution in [3.63, 3.8) is 0 Å². The van der Waals surface area contributed by atoms with E-state index in [0.717, 1.165) is 18.2 Å². The van der Waals surface area contributed by atoms with Crippen molar-refractivity contribution in [3.05, 3.63) is 68.5 Å². The number of hydrogen-bond donors (Lipinski definition) is 2. The van der Waals surface area contributed by atoms with E-state index in [9.17, 15) is 25.0 Å². The molecule has 2 aromatic rings. The first-order chi connectivity index (χ1) is 10.5. The van der Waals surface area contributed by atoms with Crippen LogP contribution in [0, 0.1) is 20.2 Å². The summed E-state index contributed by atoms with van der Waals surface area (Å²) in [5.41, 5.74) is 3.93. The summed E-state index contributed by atoms with van der Waals surface area (Å²) < 4.78 is 0. The summed E-state index contributed by atoms with van der Waals surface area (Å²) >= 11 is 0. The molecule has 0 aliphatic carbocycles. The van der Waals surface area contributed by atoms with E-state index in [1.165, 1.54) is 24.5 Å². The molecule has 10 nitrogen and oxygen atoms in total. The number of non-ortho nitro benzene ring substituents is 1. The van der Waals surface area contributed by atoms with Crippen LogP contribution in [0.1, 0.15) is 10.4 Å². The number of nitro benzene ring substituents is 2. The van der Waals surface area contributed by atoms with Crippen molar-refractivity contribution in [1.82, 2.24) is 10.4 Å². The van der Waals surface area contributed by atoms with E-state index in [0.29, 0.717) is 5.56 Å². The molecule has 0 fully saturated rings. The molecule has 2 N–H and O–H groups in total. The summed E-state index contributed by atoms with van der Waals surface area (Å²) in [5, 5.41) is 21.6. The van der Waals surface area contributed by atoms with Crippen LogP contribution in [0.25, 0.3) is 0 Å². The van der Waals surface area contributed by atoms with E-state index in [1.54, 1.807) is 0 Å². The number of carbonyl (C=O) groups excluding carboxylic acids is 1. The number of hydrazine groups is 1. The van der Waals surface area contributed by atoms with Gasteiger partial charge in [-0.25, -0.2) is 0 Å². The second-order valence-electron chi connectivity index (χ2n) is 4.03. The molecule has 1 amide bonds. The molecular formula is C12H9N5O5. The lowest BCUT2D eigenvalue weighted by molar-refractivity contribution is -0.393. The van der Waals surface area contributed by atoms with E-state index in [4.69, 9.17) is 0 Å². The highest BCUT2D eigenvalue weighted by atomic mass is 16.6. The van der Waals surface area contributed by atoms with Crippen LogP contribution in [0.4, 0.5) is 17.1 Å². The SMILES string of the molecule is O=C(NNc1ccc([N+](=O)[O-])cc1[N+](=O)[O-])c1ccncc1. The third kappa shape index (κ3) is 3.30. The van der Waals surface area contributed by atoms with Crippen LogP contribution in [-0.2, 0) is 0 Å². The summed E-state index contributed by atoms with van der Waals surface area (Å²) in [7, 11) is 0. The molecule has 1 heterocycles. The van der Waals surface area contributed by atoms with Crippen LogP contribution in [0.15, 0.2) is 42.7 Å². The molecule has 22 heavy (non-hydrogen) atoms. The van der Waals surface area contributed by atoms with Crippen molar-refractivity contribution in [2.24, 2.45) is 0 Å². The highest BCUT2D eigenvalue weighted by Crippen LogP contribution is 2.28. The van der Waals surface area contributed by atoms with Crippen LogP contribution in [-0.4, -0.2) is 20.7 Å². The molecule has 0 aliphatic heterocycles. The number of aromatic nitrogens is 1. The smallest absolute Gasteiger partial charge is 0.292 e. The van der Waals surface area contributed by atoms with Gasteiger partial charge in [0.2, 0.25) is 0 Å². The second kappa shape index (κ2) is 6.26. The lowest BCUT2D eigenvalue weighted by atomic mass is 10.2. The minimum atomic E-state index is -0.784. The van der Waals surface area contributed by atoms with Gasteiger partial charge in [0, 0.05) is 24.0 Å². The van der Waals surface area contributed by atoms with E-state index < -0.39 is 27.1 Å². The zero-order valence-corrected chi connectivity index (χ0v) is 10.9. The van der Waals surface area contributed by atoms with E-state index in [1.807, 2.05) is 0 Å². The number of nitrogens with zero attached hydrogens (tertiary/aromatic N) is 3. The van der Waals surface area contributed by atoms with Gasteiger partial charge in [-0.3, -0.25) is 40.9 Å². The Morgan fingerprint density at radius 3 is 2.32 bits per heavy atom. The number of anilines is 1. The zero-order valence-electron chi connectivity index (χ0n) is 10.9. The lowest BCUT2D eigenvalue weighted by Gasteiger charge is -2.08. The zero-order chi connectivity index (χ0) is 16.1. The monoisotopic (exact) mass is 303 g/mol. The lowest BCUT2D eigenvalue weighted by Crippen LogP contribution is -2.29. The van der Waals surface area contributed by atoms with Crippen LogP contribution in [0.5, 0.6) is 0 Å². The van der Waals surface area contributed by atoms with Gasteiger partial charge in [-0.1, -0.05) is 0 Å². The van der Waals surface area contributed by atoms with Gasteiger partial charge >= 0.3 is 5.69 Å². The molecule has 0 aliphatic rings. The van der Waals surface area contributed by atoms with Crippen LogP contribution in [0.3, 0.4) is 0 Å².